The van der Waals surface area contributed by atoms with Crippen molar-refractivity contribution in [1.82, 2.24) is 25.1 Å². The summed E-state index contributed by atoms with van der Waals surface area (Å²) in [6.07, 6.45) is 6.30. The second-order valence-corrected chi connectivity index (χ2v) is 4.86. The number of aromatic nitrogens is 4. The molecule has 7 heteroatoms. The first-order valence-electron chi connectivity index (χ1n) is 7.03. The molecule has 0 radical (unpaired) electrons. The van der Waals surface area contributed by atoms with Crippen molar-refractivity contribution in [2.75, 3.05) is 11.9 Å². The van der Waals surface area contributed by atoms with E-state index in [-0.39, 0.29) is 11.9 Å². The molecule has 0 aliphatic carbocycles. The van der Waals surface area contributed by atoms with E-state index < -0.39 is 0 Å². The Hall–Kier alpha value is -2.44. The molecule has 0 fully saturated rings. The van der Waals surface area contributed by atoms with Gasteiger partial charge >= 0.3 is 0 Å². The van der Waals surface area contributed by atoms with Gasteiger partial charge < -0.3 is 15.2 Å². The van der Waals surface area contributed by atoms with Gasteiger partial charge in [0.25, 0.3) is 5.91 Å². The molecule has 2 aromatic rings. The van der Waals surface area contributed by atoms with Gasteiger partial charge in [-0.15, -0.1) is 10.2 Å². The molecule has 2 aromatic heterocycles. The topological polar surface area (TPSA) is 84.7 Å². The molecule has 2 rings (SSSR count). The molecule has 0 spiro atoms. The second kappa shape index (κ2) is 7.37. The molecule has 2 N–H and O–H groups in total. The van der Waals surface area contributed by atoms with Crippen LogP contribution in [-0.4, -0.2) is 38.2 Å². The van der Waals surface area contributed by atoms with Crippen molar-refractivity contribution in [2.45, 2.75) is 32.9 Å². The van der Waals surface area contributed by atoms with Crippen LogP contribution in [0.4, 0.5) is 5.82 Å². The lowest BCUT2D eigenvalue weighted by Gasteiger charge is -2.14. The highest BCUT2D eigenvalue weighted by atomic mass is 16.2. The number of carbonyl (C=O) groups excluding carboxylic acids is 1. The van der Waals surface area contributed by atoms with Crippen LogP contribution in [0.25, 0.3) is 0 Å². The normalized spacial score (nSPS) is 11.9. The first-order chi connectivity index (χ1) is 10.2. The van der Waals surface area contributed by atoms with Gasteiger partial charge in [0.2, 0.25) is 0 Å². The lowest BCUT2D eigenvalue weighted by atomic mass is 10.3. The molecule has 2 heterocycles. The van der Waals surface area contributed by atoms with Gasteiger partial charge in [-0.25, -0.2) is 4.98 Å². The average molecular weight is 288 g/mol. The molecule has 0 bridgehead atoms. The molecular weight excluding hydrogens is 268 g/mol. The maximum atomic E-state index is 12.1. The number of hydrogen-bond acceptors (Lipinski definition) is 5. The Morgan fingerprint density at radius 2 is 2.24 bits per heavy atom. The standard InChI is InChI=1S/C14H20N6O/c1-3-6-16-13-5-4-12(18-19-13)14(21)17-11(2)9-20-8-7-15-10-20/h4-5,7-8,10-11H,3,6,9H2,1-2H3,(H,16,19)(H,17,21). The quantitative estimate of drug-likeness (QED) is 0.802. The fourth-order valence-corrected chi connectivity index (χ4v) is 1.86. The zero-order valence-electron chi connectivity index (χ0n) is 12.3. The van der Waals surface area contributed by atoms with E-state index in [1.807, 2.05) is 17.7 Å². The van der Waals surface area contributed by atoms with Gasteiger partial charge in [-0.1, -0.05) is 6.92 Å². The summed E-state index contributed by atoms with van der Waals surface area (Å²) in [5, 5.41) is 13.9. The average Bonchev–Trinajstić information content (AvgIpc) is 2.98. The third kappa shape index (κ3) is 4.55. The van der Waals surface area contributed by atoms with Crippen molar-refractivity contribution >= 4 is 11.7 Å². The lowest BCUT2D eigenvalue weighted by molar-refractivity contribution is 0.0930. The molecule has 112 valence electrons. The molecular formula is C14H20N6O. The zero-order valence-corrected chi connectivity index (χ0v) is 12.3. The number of anilines is 1. The van der Waals surface area contributed by atoms with Crippen molar-refractivity contribution in [1.29, 1.82) is 0 Å². The van der Waals surface area contributed by atoms with Crippen molar-refractivity contribution in [2.24, 2.45) is 0 Å². The van der Waals surface area contributed by atoms with E-state index >= 15 is 0 Å². The van der Waals surface area contributed by atoms with Gasteiger partial charge in [0, 0.05) is 31.5 Å². The highest BCUT2D eigenvalue weighted by Gasteiger charge is 2.12. The molecule has 1 atom stereocenters. The third-order valence-corrected chi connectivity index (χ3v) is 2.87. The second-order valence-electron chi connectivity index (χ2n) is 4.86. The van der Waals surface area contributed by atoms with Crippen LogP contribution in [0.3, 0.4) is 0 Å². The van der Waals surface area contributed by atoms with Crippen molar-refractivity contribution < 1.29 is 4.79 Å². The summed E-state index contributed by atoms with van der Waals surface area (Å²) in [5.74, 6) is 0.456. The van der Waals surface area contributed by atoms with Crippen molar-refractivity contribution in [3.63, 3.8) is 0 Å². The maximum Gasteiger partial charge on any atom is 0.272 e. The van der Waals surface area contributed by atoms with E-state index in [4.69, 9.17) is 0 Å². The summed E-state index contributed by atoms with van der Waals surface area (Å²) in [6, 6.07) is 3.41. The van der Waals surface area contributed by atoms with E-state index in [1.54, 1.807) is 24.7 Å². The largest absolute Gasteiger partial charge is 0.369 e. The number of imidazole rings is 1. The number of carbonyl (C=O) groups is 1. The predicted octanol–water partition coefficient (Wildman–Crippen LogP) is 1.31. The first kappa shape index (κ1) is 15.0. The van der Waals surface area contributed by atoms with Crippen LogP contribution in [-0.2, 0) is 6.54 Å². The first-order valence-corrected chi connectivity index (χ1v) is 7.03. The van der Waals surface area contributed by atoms with Crippen LogP contribution in [0.2, 0.25) is 0 Å². The third-order valence-electron chi connectivity index (χ3n) is 2.87. The van der Waals surface area contributed by atoms with E-state index in [2.05, 4.69) is 32.7 Å². The van der Waals surface area contributed by atoms with Gasteiger partial charge in [0.05, 0.1) is 6.33 Å². The Kier molecular flexibility index (Phi) is 5.25. The summed E-state index contributed by atoms with van der Waals surface area (Å²) in [6.45, 7) is 5.50. The Labute approximate surface area is 123 Å². The van der Waals surface area contributed by atoms with Gasteiger partial charge in [-0.2, -0.15) is 0 Å². The summed E-state index contributed by atoms with van der Waals surface area (Å²) < 4.78 is 1.91. The summed E-state index contributed by atoms with van der Waals surface area (Å²) in [4.78, 5) is 16.0. The summed E-state index contributed by atoms with van der Waals surface area (Å²) in [5.41, 5.74) is 0.314. The van der Waals surface area contributed by atoms with E-state index in [0.717, 1.165) is 13.0 Å². The van der Waals surface area contributed by atoms with Gasteiger partial charge in [-0.05, 0) is 25.5 Å². The molecule has 0 aromatic carbocycles. The SMILES string of the molecule is CCCNc1ccc(C(=O)NC(C)Cn2ccnc2)nn1. The number of nitrogens with zero attached hydrogens (tertiary/aromatic N) is 4. The smallest absolute Gasteiger partial charge is 0.272 e. The fraction of sp³-hybridized carbons (Fsp3) is 0.429. The van der Waals surface area contributed by atoms with E-state index in [9.17, 15) is 4.79 Å². The minimum Gasteiger partial charge on any atom is -0.369 e. The van der Waals surface area contributed by atoms with Crippen LogP contribution in [0, 0.1) is 0 Å². The molecule has 0 saturated heterocycles. The molecule has 7 nitrogen and oxygen atoms in total. The lowest BCUT2D eigenvalue weighted by Crippen LogP contribution is -2.36. The monoisotopic (exact) mass is 288 g/mol. The van der Waals surface area contributed by atoms with Crippen LogP contribution in [0.5, 0.6) is 0 Å². The highest BCUT2D eigenvalue weighted by Crippen LogP contribution is 2.02. The van der Waals surface area contributed by atoms with Crippen LogP contribution >= 0.6 is 0 Å². The Morgan fingerprint density at radius 1 is 1.38 bits per heavy atom. The van der Waals surface area contributed by atoms with E-state index in [0.29, 0.717) is 18.1 Å². The van der Waals surface area contributed by atoms with E-state index in [1.165, 1.54) is 0 Å². The van der Waals surface area contributed by atoms with Crippen LogP contribution in [0.1, 0.15) is 30.8 Å². The summed E-state index contributed by atoms with van der Waals surface area (Å²) >= 11 is 0. The Bertz CT molecular complexity index is 551. The molecule has 1 amide bonds. The number of rotatable bonds is 7. The number of amides is 1. The van der Waals surface area contributed by atoms with Gasteiger partial charge in [-0.3, -0.25) is 4.79 Å². The molecule has 1 unspecified atom stereocenters. The molecule has 0 aliphatic heterocycles. The van der Waals surface area contributed by atoms with Gasteiger partial charge in [0.1, 0.15) is 5.82 Å². The zero-order chi connectivity index (χ0) is 15.1. The van der Waals surface area contributed by atoms with Crippen molar-refractivity contribution in [3.05, 3.63) is 36.5 Å². The predicted molar refractivity (Wildman–Crippen MR) is 80.0 cm³/mol. The fourth-order valence-electron chi connectivity index (χ4n) is 1.86. The number of nitrogens with one attached hydrogen (secondary N) is 2. The van der Waals surface area contributed by atoms with Gasteiger partial charge in [0.15, 0.2) is 5.69 Å². The minimum atomic E-state index is -0.225. The molecule has 0 aliphatic rings. The molecule has 0 saturated carbocycles. The maximum absolute atomic E-state index is 12.1. The molecule has 21 heavy (non-hydrogen) atoms. The Morgan fingerprint density at radius 3 is 2.86 bits per heavy atom. The number of hydrogen-bond donors (Lipinski definition) is 2. The van der Waals surface area contributed by atoms with Crippen LogP contribution in [0.15, 0.2) is 30.9 Å². The minimum absolute atomic E-state index is 0.0219. The summed E-state index contributed by atoms with van der Waals surface area (Å²) in [7, 11) is 0. The Balaban J connectivity index is 1.87. The van der Waals surface area contributed by atoms with Crippen molar-refractivity contribution in [3.8, 4) is 0 Å². The van der Waals surface area contributed by atoms with Crippen LogP contribution < -0.4 is 10.6 Å². The highest BCUT2D eigenvalue weighted by molar-refractivity contribution is 5.92.